The summed E-state index contributed by atoms with van der Waals surface area (Å²) in [5, 5.41) is 0. The van der Waals surface area contributed by atoms with Gasteiger partial charge in [0.15, 0.2) is 0 Å². The molecule has 0 saturated heterocycles. The minimum absolute atomic E-state index is 0.104. The Hall–Kier alpha value is -1.51. The zero-order chi connectivity index (χ0) is 13.5. The van der Waals surface area contributed by atoms with Crippen LogP contribution in [0.5, 0.6) is 0 Å². The van der Waals surface area contributed by atoms with E-state index in [1.165, 1.54) is 5.56 Å². The monoisotopic (exact) mass is 248 g/mol. The van der Waals surface area contributed by atoms with Crippen LogP contribution >= 0.6 is 0 Å². The van der Waals surface area contributed by atoms with E-state index in [4.69, 9.17) is 0 Å². The second-order valence-electron chi connectivity index (χ2n) is 4.45. The number of hydrogen-bond acceptors (Lipinski definition) is 1. The smallest absolute Gasteiger partial charge is 0.324 e. The van der Waals surface area contributed by atoms with E-state index in [1.807, 2.05) is 35.8 Å². The summed E-state index contributed by atoms with van der Waals surface area (Å²) in [6.45, 7) is 10.4. The third-order valence-corrected chi connectivity index (χ3v) is 3.03. The highest BCUT2D eigenvalue weighted by atomic mass is 16.2. The summed E-state index contributed by atoms with van der Waals surface area (Å²) < 4.78 is 0. The summed E-state index contributed by atoms with van der Waals surface area (Å²) in [7, 11) is 0. The maximum absolute atomic E-state index is 12.5. The standard InChI is InChI=1S/C15H24N2O/c1-5-11-17(15(18)16(6-2)7-3)14-10-8-9-13(4)12-14/h8-10,12H,5-7,11H2,1-4H3. The van der Waals surface area contributed by atoms with Gasteiger partial charge in [-0.25, -0.2) is 4.79 Å². The zero-order valence-electron chi connectivity index (χ0n) is 11.9. The number of anilines is 1. The van der Waals surface area contributed by atoms with Crippen molar-refractivity contribution in [2.45, 2.75) is 34.1 Å². The molecule has 1 aromatic carbocycles. The molecule has 0 N–H and O–H groups in total. The van der Waals surface area contributed by atoms with Crippen molar-refractivity contribution in [3.05, 3.63) is 29.8 Å². The second-order valence-corrected chi connectivity index (χ2v) is 4.45. The Bertz CT molecular complexity index is 386. The van der Waals surface area contributed by atoms with Crippen molar-refractivity contribution < 1.29 is 4.79 Å². The molecular weight excluding hydrogens is 224 g/mol. The van der Waals surface area contributed by atoms with E-state index in [9.17, 15) is 4.79 Å². The van der Waals surface area contributed by atoms with Crippen molar-refractivity contribution in [1.82, 2.24) is 4.90 Å². The van der Waals surface area contributed by atoms with Crippen LogP contribution in [0.3, 0.4) is 0 Å². The van der Waals surface area contributed by atoms with Gasteiger partial charge in [0.05, 0.1) is 0 Å². The summed E-state index contributed by atoms with van der Waals surface area (Å²) in [6.07, 6.45) is 0.959. The molecule has 0 aliphatic carbocycles. The molecule has 2 amide bonds. The fourth-order valence-corrected chi connectivity index (χ4v) is 2.02. The lowest BCUT2D eigenvalue weighted by atomic mass is 10.2. The van der Waals surface area contributed by atoms with Gasteiger partial charge in [-0.05, 0) is 44.9 Å². The number of nitrogens with zero attached hydrogens (tertiary/aromatic N) is 2. The van der Waals surface area contributed by atoms with Crippen molar-refractivity contribution in [1.29, 1.82) is 0 Å². The Labute approximate surface area is 110 Å². The molecule has 0 radical (unpaired) electrons. The number of benzene rings is 1. The zero-order valence-corrected chi connectivity index (χ0v) is 11.9. The summed E-state index contributed by atoms with van der Waals surface area (Å²) in [6, 6.07) is 8.23. The number of carbonyl (C=O) groups excluding carboxylic acids is 1. The first-order valence-corrected chi connectivity index (χ1v) is 6.77. The van der Waals surface area contributed by atoms with E-state index in [2.05, 4.69) is 26.0 Å². The molecular formula is C15H24N2O. The molecule has 0 unspecified atom stereocenters. The normalized spacial score (nSPS) is 10.2. The Morgan fingerprint density at radius 3 is 2.33 bits per heavy atom. The minimum Gasteiger partial charge on any atom is -0.325 e. The maximum Gasteiger partial charge on any atom is 0.324 e. The van der Waals surface area contributed by atoms with E-state index in [-0.39, 0.29) is 6.03 Å². The van der Waals surface area contributed by atoms with Crippen molar-refractivity contribution in [2.24, 2.45) is 0 Å². The molecule has 1 aromatic rings. The van der Waals surface area contributed by atoms with Crippen molar-refractivity contribution in [2.75, 3.05) is 24.5 Å². The van der Waals surface area contributed by atoms with Crippen LogP contribution in [0.25, 0.3) is 0 Å². The van der Waals surface area contributed by atoms with Crippen LogP contribution in [0.4, 0.5) is 10.5 Å². The first-order valence-electron chi connectivity index (χ1n) is 6.77. The van der Waals surface area contributed by atoms with Crippen LogP contribution in [-0.4, -0.2) is 30.6 Å². The fourth-order valence-electron chi connectivity index (χ4n) is 2.02. The van der Waals surface area contributed by atoms with Gasteiger partial charge in [0, 0.05) is 25.3 Å². The number of aryl methyl sites for hydroxylation is 1. The summed E-state index contributed by atoms with van der Waals surface area (Å²) in [5.41, 5.74) is 2.18. The first kappa shape index (κ1) is 14.6. The Morgan fingerprint density at radius 1 is 1.17 bits per heavy atom. The lowest BCUT2D eigenvalue weighted by Gasteiger charge is -2.29. The number of hydrogen-bond donors (Lipinski definition) is 0. The summed E-state index contributed by atoms with van der Waals surface area (Å²) in [4.78, 5) is 16.2. The van der Waals surface area contributed by atoms with Crippen molar-refractivity contribution in [3.8, 4) is 0 Å². The van der Waals surface area contributed by atoms with Gasteiger partial charge >= 0.3 is 6.03 Å². The van der Waals surface area contributed by atoms with E-state index < -0.39 is 0 Å². The van der Waals surface area contributed by atoms with Gasteiger partial charge < -0.3 is 4.90 Å². The first-order chi connectivity index (χ1) is 8.63. The van der Waals surface area contributed by atoms with Crippen LogP contribution in [-0.2, 0) is 0 Å². The van der Waals surface area contributed by atoms with Gasteiger partial charge in [-0.15, -0.1) is 0 Å². The largest absolute Gasteiger partial charge is 0.325 e. The molecule has 0 spiro atoms. The minimum atomic E-state index is 0.104. The van der Waals surface area contributed by atoms with Crippen LogP contribution in [0, 0.1) is 6.92 Å². The second kappa shape index (κ2) is 7.04. The van der Waals surface area contributed by atoms with Crippen LogP contribution in [0.15, 0.2) is 24.3 Å². The predicted octanol–water partition coefficient (Wildman–Crippen LogP) is 3.67. The number of amides is 2. The van der Waals surface area contributed by atoms with Gasteiger partial charge in [-0.2, -0.15) is 0 Å². The third-order valence-electron chi connectivity index (χ3n) is 3.03. The SMILES string of the molecule is CCCN(C(=O)N(CC)CC)c1cccc(C)c1. The number of rotatable bonds is 5. The Balaban J connectivity index is 2.98. The highest BCUT2D eigenvalue weighted by Gasteiger charge is 2.19. The molecule has 0 fully saturated rings. The maximum atomic E-state index is 12.5. The van der Waals surface area contributed by atoms with E-state index >= 15 is 0 Å². The predicted molar refractivity (Wildman–Crippen MR) is 77.1 cm³/mol. The molecule has 0 aliphatic heterocycles. The Kier molecular flexibility index (Phi) is 5.69. The lowest BCUT2D eigenvalue weighted by Crippen LogP contribution is -2.43. The lowest BCUT2D eigenvalue weighted by molar-refractivity contribution is 0.210. The summed E-state index contributed by atoms with van der Waals surface area (Å²) >= 11 is 0. The van der Waals surface area contributed by atoms with Crippen LogP contribution in [0.1, 0.15) is 32.8 Å². The molecule has 0 saturated carbocycles. The Morgan fingerprint density at radius 2 is 1.83 bits per heavy atom. The molecule has 0 aromatic heterocycles. The molecule has 0 aliphatic rings. The molecule has 18 heavy (non-hydrogen) atoms. The van der Waals surface area contributed by atoms with Gasteiger partial charge in [0.1, 0.15) is 0 Å². The molecule has 3 heteroatoms. The topological polar surface area (TPSA) is 23.6 Å². The molecule has 0 atom stereocenters. The van der Waals surface area contributed by atoms with E-state index in [1.54, 1.807) is 0 Å². The van der Waals surface area contributed by atoms with Gasteiger partial charge in [0.25, 0.3) is 0 Å². The van der Waals surface area contributed by atoms with Crippen molar-refractivity contribution >= 4 is 11.7 Å². The van der Waals surface area contributed by atoms with Gasteiger partial charge in [-0.3, -0.25) is 4.90 Å². The number of urea groups is 1. The van der Waals surface area contributed by atoms with Crippen molar-refractivity contribution in [3.63, 3.8) is 0 Å². The van der Waals surface area contributed by atoms with Crippen LogP contribution in [0.2, 0.25) is 0 Å². The fraction of sp³-hybridized carbons (Fsp3) is 0.533. The molecule has 3 nitrogen and oxygen atoms in total. The van der Waals surface area contributed by atoms with E-state index in [0.717, 1.165) is 31.7 Å². The molecule has 0 bridgehead atoms. The highest BCUT2D eigenvalue weighted by molar-refractivity contribution is 5.92. The number of carbonyl (C=O) groups is 1. The third kappa shape index (κ3) is 3.49. The quantitative estimate of drug-likeness (QED) is 0.780. The molecule has 100 valence electrons. The van der Waals surface area contributed by atoms with Gasteiger partial charge in [0.2, 0.25) is 0 Å². The summed E-state index contributed by atoms with van der Waals surface area (Å²) in [5.74, 6) is 0. The molecule has 0 heterocycles. The average Bonchev–Trinajstić information content (AvgIpc) is 2.37. The van der Waals surface area contributed by atoms with Gasteiger partial charge in [-0.1, -0.05) is 19.1 Å². The highest BCUT2D eigenvalue weighted by Crippen LogP contribution is 2.18. The van der Waals surface area contributed by atoms with E-state index in [0.29, 0.717) is 0 Å². The van der Waals surface area contributed by atoms with Crippen LogP contribution < -0.4 is 4.90 Å². The molecule has 1 rings (SSSR count). The average molecular weight is 248 g/mol.